The van der Waals surface area contributed by atoms with Crippen molar-refractivity contribution in [3.05, 3.63) is 0 Å². The molecule has 1 heterocycles. The molecule has 26 heavy (non-hydrogen) atoms. The number of hydrogen-bond donors (Lipinski definition) is 0. The van der Waals surface area contributed by atoms with E-state index < -0.39 is 66.6 Å². The summed E-state index contributed by atoms with van der Waals surface area (Å²) < 4.78 is 110. The Morgan fingerprint density at radius 1 is 1.04 bits per heavy atom. The molecule has 1 atom stereocenters. The van der Waals surface area contributed by atoms with E-state index in [1.165, 1.54) is 0 Å². The van der Waals surface area contributed by atoms with Crippen LogP contribution in [0.15, 0.2) is 0 Å². The van der Waals surface area contributed by atoms with Gasteiger partial charge in [-0.05, 0) is 6.42 Å². The monoisotopic (exact) mass is 430 g/mol. The predicted molar refractivity (Wildman–Crippen MR) is 76.9 cm³/mol. The summed E-state index contributed by atoms with van der Waals surface area (Å²) in [6.07, 6.45) is -5.57. The zero-order chi connectivity index (χ0) is 20.7. The summed E-state index contributed by atoms with van der Waals surface area (Å²) in [5.74, 6) is -9.53. The van der Waals surface area contributed by atoms with Crippen molar-refractivity contribution in [3.8, 4) is 0 Å². The van der Waals surface area contributed by atoms with E-state index >= 15 is 0 Å². The van der Waals surface area contributed by atoms with Crippen molar-refractivity contribution in [3.63, 3.8) is 0 Å². The molecule has 0 aromatic heterocycles. The van der Waals surface area contributed by atoms with Gasteiger partial charge in [0.25, 0.3) is 11.8 Å². The number of alkyl halides is 5. The standard InChI is InChI=1S/C11H15F5N2O6S2/c1-3-4-5-17-8(19)7(25(2,21)22)9(20)18(26(17,23)24)6-10(12,13)11(14,15)16/h7H,3-6H2,1-2H3. The summed E-state index contributed by atoms with van der Waals surface area (Å²) in [4.78, 5) is 24.2. The molecular formula is C11H15F5N2O6S2. The molecule has 0 radical (unpaired) electrons. The largest absolute Gasteiger partial charge is 0.455 e. The van der Waals surface area contributed by atoms with E-state index in [2.05, 4.69) is 0 Å². The average Bonchev–Trinajstić information content (AvgIpc) is 2.40. The van der Waals surface area contributed by atoms with Gasteiger partial charge in [-0.15, -0.1) is 0 Å². The van der Waals surface area contributed by atoms with E-state index in [1.807, 2.05) is 0 Å². The molecule has 1 aliphatic rings. The summed E-state index contributed by atoms with van der Waals surface area (Å²) >= 11 is 0. The Labute approximate surface area is 146 Å². The number of amides is 2. The van der Waals surface area contributed by atoms with Crippen LogP contribution in [-0.4, -0.2) is 74.0 Å². The van der Waals surface area contributed by atoms with Crippen LogP contribution < -0.4 is 0 Å². The number of sulfone groups is 1. The van der Waals surface area contributed by atoms with E-state index in [4.69, 9.17) is 0 Å². The van der Waals surface area contributed by atoms with E-state index in [-0.39, 0.29) is 17.1 Å². The van der Waals surface area contributed by atoms with Gasteiger partial charge < -0.3 is 0 Å². The lowest BCUT2D eigenvalue weighted by Gasteiger charge is -2.38. The molecule has 1 saturated heterocycles. The van der Waals surface area contributed by atoms with Gasteiger partial charge in [0, 0.05) is 12.8 Å². The third-order valence-corrected chi connectivity index (χ3v) is 6.44. The lowest BCUT2D eigenvalue weighted by Crippen LogP contribution is -2.66. The minimum Gasteiger partial charge on any atom is -0.272 e. The van der Waals surface area contributed by atoms with Crippen molar-refractivity contribution in [2.45, 2.75) is 37.1 Å². The van der Waals surface area contributed by atoms with Gasteiger partial charge in [-0.2, -0.15) is 30.4 Å². The first kappa shape index (κ1) is 22.5. The van der Waals surface area contributed by atoms with Crippen molar-refractivity contribution < 1.29 is 48.4 Å². The van der Waals surface area contributed by atoms with Gasteiger partial charge in [0.15, 0.2) is 9.84 Å². The van der Waals surface area contributed by atoms with Crippen molar-refractivity contribution in [2.24, 2.45) is 0 Å². The van der Waals surface area contributed by atoms with Gasteiger partial charge in [0.05, 0.1) is 0 Å². The fourth-order valence-corrected chi connectivity index (χ4v) is 4.75. The zero-order valence-electron chi connectivity index (χ0n) is 13.5. The minimum atomic E-state index is -6.20. The molecule has 2 amide bonds. The van der Waals surface area contributed by atoms with Gasteiger partial charge in [-0.3, -0.25) is 9.59 Å². The average molecular weight is 430 g/mol. The third kappa shape index (κ3) is 4.07. The van der Waals surface area contributed by atoms with Gasteiger partial charge in [0.2, 0.25) is 5.25 Å². The van der Waals surface area contributed by atoms with Gasteiger partial charge in [-0.25, -0.2) is 17.0 Å². The molecule has 0 aliphatic carbocycles. The highest BCUT2D eigenvalue weighted by Gasteiger charge is 2.63. The number of unbranched alkanes of at least 4 members (excludes halogenated alkanes) is 1. The van der Waals surface area contributed by atoms with E-state index in [9.17, 15) is 48.4 Å². The number of carbonyl (C=O) groups excluding carboxylic acids is 2. The van der Waals surface area contributed by atoms with Gasteiger partial charge in [0.1, 0.15) is 6.54 Å². The van der Waals surface area contributed by atoms with Crippen molar-refractivity contribution in [1.29, 1.82) is 0 Å². The van der Waals surface area contributed by atoms with Crippen molar-refractivity contribution in [1.82, 2.24) is 8.61 Å². The summed E-state index contributed by atoms with van der Waals surface area (Å²) in [6, 6.07) is 0. The lowest BCUT2D eigenvalue weighted by atomic mass is 10.3. The maximum absolute atomic E-state index is 13.3. The molecule has 1 aliphatic heterocycles. The summed E-state index contributed by atoms with van der Waals surface area (Å²) in [7, 11) is -10.0. The molecule has 0 N–H and O–H groups in total. The van der Waals surface area contributed by atoms with E-state index in [0.29, 0.717) is 6.26 Å². The highest BCUT2D eigenvalue weighted by atomic mass is 32.2. The number of halogens is 5. The number of carbonyl (C=O) groups is 2. The Morgan fingerprint density at radius 3 is 1.88 bits per heavy atom. The molecule has 0 saturated carbocycles. The Bertz CT molecular complexity index is 792. The molecule has 1 fully saturated rings. The lowest BCUT2D eigenvalue weighted by molar-refractivity contribution is -0.282. The van der Waals surface area contributed by atoms with Crippen LogP contribution in [-0.2, 0) is 29.6 Å². The van der Waals surface area contributed by atoms with Gasteiger partial charge >= 0.3 is 22.3 Å². The van der Waals surface area contributed by atoms with Crippen LogP contribution in [0.1, 0.15) is 19.8 Å². The quantitative estimate of drug-likeness (QED) is 0.443. The van der Waals surface area contributed by atoms with E-state index in [0.717, 1.165) is 0 Å². The van der Waals surface area contributed by atoms with Crippen LogP contribution in [0.3, 0.4) is 0 Å². The smallest absolute Gasteiger partial charge is 0.272 e. The summed E-state index contributed by atoms with van der Waals surface area (Å²) in [6.45, 7) is -1.79. The number of hydrogen-bond acceptors (Lipinski definition) is 6. The Hall–Kier alpha value is -1.51. The molecule has 8 nitrogen and oxygen atoms in total. The minimum absolute atomic E-state index is 0.0286. The van der Waals surface area contributed by atoms with Crippen LogP contribution in [0.4, 0.5) is 22.0 Å². The van der Waals surface area contributed by atoms with Crippen molar-refractivity contribution >= 4 is 31.9 Å². The zero-order valence-corrected chi connectivity index (χ0v) is 15.1. The molecular weight excluding hydrogens is 415 g/mol. The summed E-state index contributed by atoms with van der Waals surface area (Å²) in [5, 5.41) is -2.72. The second-order valence-electron chi connectivity index (χ2n) is 5.53. The van der Waals surface area contributed by atoms with Crippen LogP contribution in [0, 0.1) is 0 Å². The second-order valence-corrected chi connectivity index (χ2v) is 9.44. The van der Waals surface area contributed by atoms with Crippen LogP contribution >= 0.6 is 0 Å². The fraction of sp³-hybridized carbons (Fsp3) is 0.818. The fourth-order valence-electron chi connectivity index (χ4n) is 2.04. The summed E-state index contributed by atoms with van der Waals surface area (Å²) in [5.41, 5.74) is 0. The van der Waals surface area contributed by atoms with Gasteiger partial charge in [-0.1, -0.05) is 13.3 Å². The molecule has 1 rings (SSSR count). The van der Waals surface area contributed by atoms with Crippen LogP contribution in [0.5, 0.6) is 0 Å². The number of rotatable bonds is 6. The maximum atomic E-state index is 13.3. The highest BCUT2D eigenvalue weighted by molar-refractivity contribution is 7.94. The molecule has 1 unspecified atom stereocenters. The molecule has 0 aromatic carbocycles. The molecule has 15 heteroatoms. The highest BCUT2D eigenvalue weighted by Crippen LogP contribution is 2.38. The molecule has 152 valence electrons. The Morgan fingerprint density at radius 2 is 1.50 bits per heavy atom. The molecule has 0 bridgehead atoms. The third-order valence-electron chi connectivity index (χ3n) is 3.40. The number of nitrogens with zero attached hydrogens (tertiary/aromatic N) is 2. The first-order valence-corrected chi connectivity index (χ1v) is 10.3. The van der Waals surface area contributed by atoms with E-state index in [1.54, 1.807) is 6.92 Å². The Kier molecular flexibility index (Phi) is 5.98. The maximum Gasteiger partial charge on any atom is 0.455 e. The predicted octanol–water partition coefficient (Wildman–Crippen LogP) is 0.313. The normalized spacial score (nSPS) is 22.0. The second kappa shape index (κ2) is 6.90. The SMILES string of the molecule is CCCCN1C(=O)C(S(C)(=O)=O)C(=O)N(CC(F)(F)C(F)(F)F)S1(=O)=O. The topological polar surface area (TPSA) is 109 Å². The Balaban J connectivity index is 3.51. The molecule has 0 spiro atoms. The van der Waals surface area contributed by atoms with Crippen LogP contribution in [0.25, 0.3) is 0 Å². The first-order valence-electron chi connectivity index (χ1n) is 7.00. The van der Waals surface area contributed by atoms with Crippen LogP contribution in [0.2, 0.25) is 0 Å². The molecule has 0 aromatic rings. The first-order chi connectivity index (χ1) is 11.5. The van der Waals surface area contributed by atoms with Crippen molar-refractivity contribution in [2.75, 3.05) is 19.3 Å².